The summed E-state index contributed by atoms with van der Waals surface area (Å²) in [7, 11) is 1.41. The lowest BCUT2D eigenvalue weighted by Crippen LogP contribution is -2.11. The monoisotopic (exact) mass is 928 g/mol. The Bertz CT molecular complexity index is 3180. The minimum absolute atomic E-state index is 0.263. The number of anilines is 2. The predicted octanol–water partition coefficient (Wildman–Crippen LogP) is 14.0. The first-order valence-electron chi connectivity index (χ1n) is 23.2. The summed E-state index contributed by atoms with van der Waals surface area (Å²) < 4.78 is 4.99. The number of fused-ring (bicyclic) bond motifs is 2. The molecule has 0 bridgehead atoms. The van der Waals surface area contributed by atoms with Crippen LogP contribution in [0.4, 0.5) is 11.4 Å². The number of nitrogens with two attached hydrogens (primary N) is 2. The molecule has 2 saturated carbocycles. The van der Waals surface area contributed by atoms with Gasteiger partial charge in [-0.05, 0) is 148 Å². The summed E-state index contributed by atoms with van der Waals surface area (Å²) in [4.78, 5) is 45.1. The van der Waals surface area contributed by atoms with Crippen molar-refractivity contribution >= 4 is 67.8 Å². The average molecular weight is 929 g/mol. The highest BCUT2D eigenvalue weighted by molar-refractivity contribution is 7.15. The van der Waals surface area contributed by atoms with Crippen molar-refractivity contribution < 1.29 is 19.4 Å². The zero-order valence-electron chi connectivity index (χ0n) is 38.7. The number of esters is 1. The molecule has 0 radical (unpaired) electrons. The third-order valence-electron chi connectivity index (χ3n) is 13.4. The standard InChI is InChI=1S/C28H29N3O2S.C27H27N3O2S/c1-16-27(34-17(2)30-16)25-12-9-19-13-20(10-11-24(19)31-25)26-22(18-7-5-4-6-8-18)14-21(15-23(26)29)28(32)33-3;1-15-26(33-16(2)29-15)24-11-8-18-12-19(9-10-23(18)30-24)25-21(17-6-4-3-5-7-17)13-20(27(31)32)14-22(25)28/h9-15,18H,4-8,29H2,1-3H3;8-14,17H,3-7,28H2,1-2H3,(H,31,32). The van der Waals surface area contributed by atoms with Crippen LogP contribution in [0.15, 0.2) is 84.9 Å². The van der Waals surface area contributed by atoms with E-state index in [0.717, 1.165) is 123 Å². The van der Waals surface area contributed by atoms with E-state index in [1.807, 2.05) is 52.0 Å². The number of hydrogen-bond acceptors (Lipinski definition) is 11. The topological polar surface area (TPSA) is 167 Å². The molecule has 2 aliphatic carbocycles. The number of carbonyl (C=O) groups excluding carboxylic acids is 1. The van der Waals surface area contributed by atoms with Crippen molar-refractivity contribution in [2.45, 2.75) is 104 Å². The van der Waals surface area contributed by atoms with Crippen LogP contribution in [0, 0.1) is 27.7 Å². The van der Waals surface area contributed by atoms with Gasteiger partial charge in [0.05, 0.1) is 71.8 Å². The highest BCUT2D eigenvalue weighted by atomic mass is 32.1. The van der Waals surface area contributed by atoms with Crippen LogP contribution in [0.3, 0.4) is 0 Å². The number of pyridine rings is 2. The zero-order chi connectivity index (χ0) is 46.9. The fourth-order valence-corrected chi connectivity index (χ4v) is 12.0. The summed E-state index contributed by atoms with van der Waals surface area (Å²) in [6.45, 7) is 8.08. The first kappa shape index (κ1) is 45.6. The van der Waals surface area contributed by atoms with E-state index in [-0.39, 0.29) is 11.5 Å². The Balaban J connectivity index is 0.000000168. The number of aromatic nitrogens is 4. The van der Waals surface area contributed by atoms with Crippen molar-refractivity contribution in [3.8, 4) is 43.4 Å². The smallest absolute Gasteiger partial charge is 0.337 e. The molecule has 10 nitrogen and oxygen atoms in total. The Labute approximate surface area is 399 Å². The molecule has 5 N–H and O–H groups in total. The number of ether oxygens (including phenoxy) is 1. The molecule has 0 saturated heterocycles. The van der Waals surface area contributed by atoms with Gasteiger partial charge in [0.15, 0.2) is 0 Å². The SMILES string of the molecule is COC(=O)c1cc(N)c(-c2ccc3nc(-c4sc(C)nc4C)ccc3c2)c(C2CCCCC2)c1.Cc1nc(C)c(-c2ccc3cc(-c4c(N)cc(C(=O)O)cc4C4CCCCC4)ccc3n2)s1. The van der Waals surface area contributed by atoms with Crippen LogP contribution in [0.5, 0.6) is 0 Å². The number of aromatic carboxylic acids is 1. The van der Waals surface area contributed by atoms with Crippen LogP contribution in [-0.2, 0) is 4.74 Å². The lowest BCUT2D eigenvalue weighted by atomic mass is 9.79. The van der Waals surface area contributed by atoms with Gasteiger partial charge < -0.3 is 21.3 Å². The quantitative estimate of drug-likeness (QED) is 0.0985. The Morgan fingerprint density at radius 1 is 0.567 bits per heavy atom. The Morgan fingerprint density at radius 3 is 1.40 bits per heavy atom. The van der Waals surface area contributed by atoms with Crippen LogP contribution < -0.4 is 11.5 Å². The summed E-state index contributed by atoms with van der Waals surface area (Å²) in [5.74, 6) is -0.554. The summed E-state index contributed by atoms with van der Waals surface area (Å²) in [5.41, 5.74) is 27.0. The second-order valence-electron chi connectivity index (χ2n) is 18.0. The van der Waals surface area contributed by atoms with Crippen molar-refractivity contribution in [1.29, 1.82) is 0 Å². The van der Waals surface area contributed by atoms with Crippen LogP contribution in [0.25, 0.3) is 65.2 Å². The third kappa shape index (κ3) is 9.55. The third-order valence-corrected chi connectivity index (χ3v) is 15.6. The highest BCUT2D eigenvalue weighted by Gasteiger charge is 2.25. The Hall–Kier alpha value is -6.50. The van der Waals surface area contributed by atoms with E-state index < -0.39 is 5.97 Å². The Kier molecular flexibility index (Phi) is 13.2. The molecule has 4 aromatic carbocycles. The molecule has 2 aliphatic rings. The van der Waals surface area contributed by atoms with Gasteiger partial charge in [0, 0.05) is 33.3 Å². The first-order valence-corrected chi connectivity index (χ1v) is 24.9. The molecule has 0 spiro atoms. The molecule has 0 unspecified atom stereocenters. The number of carbonyl (C=O) groups is 2. The fraction of sp³-hybridized carbons (Fsp3) is 0.309. The Morgan fingerprint density at radius 2 is 1.00 bits per heavy atom. The predicted molar refractivity (Wildman–Crippen MR) is 274 cm³/mol. The minimum Gasteiger partial charge on any atom is -0.478 e. The average Bonchev–Trinajstić information content (AvgIpc) is 3.87. The van der Waals surface area contributed by atoms with E-state index in [1.54, 1.807) is 34.8 Å². The molecule has 2 fully saturated rings. The van der Waals surface area contributed by atoms with Gasteiger partial charge in [-0.25, -0.2) is 29.5 Å². The van der Waals surface area contributed by atoms with E-state index >= 15 is 0 Å². The number of carboxylic acid groups (broad SMARTS) is 1. The number of nitrogens with zero attached hydrogens (tertiary/aromatic N) is 4. The van der Waals surface area contributed by atoms with Gasteiger partial charge in [0.1, 0.15) is 0 Å². The number of methoxy groups -OCH3 is 1. The van der Waals surface area contributed by atoms with E-state index in [9.17, 15) is 14.7 Å². The van der Waals surface area contributed by atoms with Crippen LogP contribution in [0.1, 0.15) is 129 Å². The molecule has 67 heavy (non-hydrogen) atoms. The van der Waals surface area contributed by atoms with Gasteiger partial charge in [0.2, 0.25) is 0 Å². The summed E-state index contributed by atoms with van der Waals surface area (Å²) >= 11 is 3.33. The van der Waals surface area contributed by atoms with Gasteiger partial charge in [-0.1, -0.05) is 62.8 Å². The molecular formula is C55H56N6O4S2. The van der Waals surface area contributed by atoms with Crippen LogP contribution in [0.2, 0.25) is 0 Å². The van der Waals surface area contributed by atoms with Gasteiger partial charge >= 0.3 is 11.9 Å². The van der Waals surface area contributed by atoms with Crippen LogP contribution >= 0.6 is 22.7 Å². The maximum atomic E-state index is 12.3. The van der Waals surface area contributed by atoms with E-state index in [4.69, 9.17) is 26.2 Å². The zero-order valence-corrected chi connectivity index (χ0v) is 40.4. The molecule has 4 aromatic heterocycles. The molecule has 12 heteroatoms. The number of hydrogen-bond donors (Lipinski definition) is 3. The van der Waals surface area contributed by atoms with Crippen molar-refractivity contribution in [1.82, 2.24) is 19.9 Å². The number of aryl methyl sites for hydroxylation is 4. The molecular weight excluding hydrogens is 873 g/mol. The molecule has 8 aromatic rings. The van der Waals surface area contributed by atoms with Gasteiger partial charge in [-0.3, -0.25) is 0 Å². The second-order valence-corrected chi connectivity index (χ2v) is 20.4. The lowest BCUT2D eigenvalue weighted by Gasteiger charge is -2.26. The normalized spacial score (nSPS) is 14.5. The first-order chi connectivity index (χ1) is 32.3. The summed E-state index contributed by atoms with van der Waals surface area (Å²) in [5, 5.41) is 13.8. The van der Waals surface area contributed by atoms with Gasteiger partial charge in [0.25, 0.3) is 0 Å². The summed E-state index contributed by atoms with van der Waals surface area (Å²) in [6.07, 6.45) is 11.6. The number of carboxylic acids is 1. The molecule has 0 aliphatic heterocycles. The molecule has 0 amide bonds. The van der Waals surface area contributed by atoms with Crippen LogP contribution in [-0.4, -0.2) is 44.1 Å². The number of nitrogen functional groups attached to an aromatic ring is 2. The molecule has 10 rings (SSSR count). The maximum Gasteiger partial charge on any atom is 0.337 e. The fourth-order valence-electron chi connectivity index (χ4n) is 10.2. The number of benzene rings is 4. The van der Waals surface area contributed by atoms with Crippen molar-refractivity contribution in [3.05, 3.63) is 129 Å². The van der Waals surface area contributed by atoms with Crippen molar-refractivity contribution in [2.75, 3.05) is 18.6 Å². The molecule has 4 heterocycles. The summed E-state index contributed by atoms with van der Waals surface area (Å²) in [6, 6.07) is 28.0. The maximum absolute atomic E-state index is 12.3. The number of rotatable bonds is 8. The molecule has 0 atom stereocenters. The minimum atomic E-state index is -0.936. The lowest BCUT2D eigenvalue weighted by molar-refractivity contribution is 0.0599. The number of thiazole rings is 2. The van der Waals surface area contributed by atoms with Gasteiger partial charge in [-0.2, -0.15) is 0 Å². The van der Waals surface area contributed by atoms with E-state index in [2.05, 4.69) is 58.5 Å². The second kappa shape index (κ2) is 19.4. The van der Waals surface area contributed by atoms with Crippen molar-refractivity contribution in [3.63, 3.8) is 0 Å². The molecule has 342 valence electrons. The van der Waals surface area contributed by atoms with Gasteiger partial charge in [-0.15, -0.1) is 22.7 Å². The van der Waals surface area contributed by atoms with Crippen molar-refractivity contribution in [2.24, 2.45) is 0 Å². The van der Waals surface area contributed by atoms with E-state index in [0.29, 0.717) is 28.8 Å². The largest absolute Gasteiger partial charge is 0.478 e. The highest BCUT2D eigenvalue weighted by Crippen LogP contribution is 2.44. The van der Waals surface area contributed by atoms with E-state index in [1.165, 1.54) is 45.6 Å².